The summed E-state index contributed by atoms with van der Waals surface area (Å²) in [5.74, 6) is 1.19. The van der Waals surface area contributed by atoms with Gasteiger partial charge in [-0.15, -0.1) is 0 Å². The first-order valence-electron chi connectivity index (χ1n) is 7.43. The summed E-state index contributed by atoms with van der Waals surface area (Å²) < 4.78 is 5.42. The van der Waals surface area contributed by atoms with E-state index in [4.69, 9.17) is 4.74 Å². The number of allylic oxidation sites excluding steroid dienone is 2. The lowest BCUT2D eigenvalue weighted by Crippen LogP contribution is -2.33. The second-order valence-corrected chi connectivity index (χ2v) is 5.72. The molecule has 1 amide bonds. The van der Waals surface area contributed by atoms with E-state index in [0.29, 0.717) is 6.54 Å². The average molecular weight is 288 g/mol. The van der Waals surface area contributed by atoms with Gasteiger partial charge in [-0.2, -0.15) is 0 Å². The van der Waals surface area contributed by atoms with E-state index in [9.17, 15) is 4.79 Å². The second-order valence-electron chi connectivity index (χ2n) is 5.72. The number of hydrogen-bond acceptors (Lipinski definition) is 3. The van der Waals surface area contributed by atoms with Crippen LogP contribution in [0.3, 0.4) is 0 Å². The van der Waals surface area contributed by atoms with Gasteiger partial charge in [-0.05, 0) is 33.1 Å². The molecule has 0 N–H and O–H groups in total. The van der Waals surface area contributed by atoms with Crippen LogP contribution in [-0.4, -0.2) is 29.9 Å². The van der Waals surface area contributed by atoms with Crippen LogP contribution in [0.4, 0.5) is 0 Å². The Morgan fingerprint density at radius 2 is 2.19 bits per heavy atom. The molecule has 0 aliphatic heterocycles. The molecule has 0 fully saturated rings. The Morgan fingerprint density at radius 3 is 2.81 bits per heavy atom. The third kappa shape index (κ3) is 3.43. The summed E-state index contributed by atoms with van der Waals surface area (Å²) >= 11 is 0. The molecule has 4 nitrogen and oxygen atoms in total. The van der Waals surface area contributed by atoms with Crippen molar-refractivity contribution in [1.29, 1.82) is 0 Å². The summed E-state index contributed by atoms with van der Waals surface area (Å²) in [5.41, 5.74) is 2.94. The van der Waals surface area contributed by atoms with E-state index in [1.54, 1.807) is 12.0 Å². The average Bonchev–Trinajstić information content (AvgIpc) is 2.50. The molecule has 0 saturated heterocycles. The van der Waals surface area contributed by atoms with Crippen molar-refractivity contribution in [1.82, 2.24) is 9.88 Å². The van der Waals surface area contributed by atoms with Gasteiger partial charge in [0.05, 0.1) is 19.3 Å². The molecule has 1 aliphatic carbocycles. The standard InChI is InChI=1S/C17H24N2O2/c1-12-10-18-15(13(2)16(12)21-4)11-19(3)17(20)14-8-6-5-7-9-14/h5-6,10,14H,7-9,11H2,1-4H3/t14-/m0/s1. The lowest BCUT2D eigenvalue weighted by atomic mass is 9.93. The molecule has 4 heteroatoms. The Bertz CT molecular complexity index is 552. The number of carbonyl (C=O) groups excluding carboxylic acids is 1. The fourth-order valence-electron chi connectivity index (χ4n) is 2.86. The number of methoxy groups -OCH3 is 1. The van der Waals surface area contributed by atoms with Crippen molar-refractivity contribution in [3.63, 3.8) is 0 Å². The number of hydrogen-bond donors (Lipinski definition) is 0. The van der Waals surface area contributed by atoms with Crippen molar-refractivity contribution in [3.8, 4) is 5.75 Å². The SMILES string of the molecule is COc1c(C)cnc(CN(C)C(=O)[C@H]2CC=CCC2)c1C. The molecule has 114 valence electrons. The van der Waals surface area contributed by atoms with Gasteiger partial charge >= 0.3 is 0 Å². The molecule has 0 bridgehead atoms. The smallest absolute Gasteiger partial charge is 0.226 e. The molecule has 1 aromatic rings. The maximum Gasteiger partial charge on any atom is 0.226 e. The van der Waals surface area contributed by atoms with Crippen molar-refractivity contribution in [2.24, 2.45) is 5.92 Å². The lowest BCUT2D eigenvalue weighted by molar-refractivity contribution is -0.135. The Morgan fingerprint density at radius 1 is 1.43 bits per heavy atom. The van der Waals surface area contributed by atoms with Gasteiger partial charge in [0.15, 0.2) is 0 Å². The third-order valence-corrected chi connectivity index (χ3v) is 4.13. The summed E-state index contributed by atoms with van der Waals surface area (Å²) in [6.07, 6.45) is 8.87. The summed E-state index contributed by atoms with van der Waals surface area (Å²) in [4.78, 5) is 18.7. The van der Waals surface area contributed by atoms with Crippen LogP contribution in [-0.2, 0) is 11.3 Å². The van der Waals surface area contributed by atoms with E-state index in [-0.39, 0.29) is 11.8 Å². The van der Waals surface area contributed by atoms with Crippen molar-refractivity contribution in [2.75, 3.05) is 14.2 Å². The van der Waals surface area contributed by atoms with Gasteiger partial charge in [0, 0.05) is 30.3 Å². The minimum absolute atomic E-state index is 0.118. The first-order chi connectivity index (χ1) is 10.0. The Balaban J connectivity index is 2.10. The zero-order valence-corrected chi connectivity index (χ0v) is 13.3. The molecule has 0 aromatic carbocycles. The molecule has 1 aromatic heterocycles. The van der Waals surface area contributed by atoms with Crippen molar-refractivity contribution in [2.45, 2.75) is 39.7 Å². The van der Waals surface area contributed by atoms with E-state index in [2.05, 4.69) is 17.1 Å². The van der Waals surface area contributed by atoms with Crippen LogP contribution in [0, 0.1) is 19.8 Å². The maximum absolute atomic E-state index is 12.5. The predicted octanol–water partition coefficient (Wildman–Crippen LogP) is 3.02. The fraction of sp³-hybridized carbons (Fsp3) is 0.529. The van der Waals surface area contributed by atoms with Crippen LogP contribution in [0.2, 0.25) is 0 Å². The highest BCUT2D eigenvalue weighted by Gasteiger charge is 2.23. The van der Waals surface area contributed by atoms with Crippen LogP contribution < -0.4 is 4.74 Å². The number of amides is 1. The molecule has 1 atom stereocenters. The molecule has 0 radical (unpaired) electrons. The highest BCUT2D eigenvalue weighted by molar-refractivity contribution is 5.79. The van der Waals surface area contributed by atoms with Crippen LogP contribution in [0.5, 0.6) is 5.75 Å². The van der Waals surface area contributed by atoms with Crippen LogP contribution >= 0.6 is 0 Å². The number of nitrogens with zero attached hydrogens (tertiary/aromatic N) is 2. The van der Waals surface area contributed by atoms with E-state index in [0.717, 1.165) is 41.8 Å². The van der Waals surface area contributed by atoms with E-state index in [1.807, 2.05) is 27.1 Å². The molecular weight excluding hydrogens is 264 g/mol. The summed E-state index contributed by atoms with van der Waals surface area (Å²) in [5, 5.41) is 0. The number of aryl methyl sites for hydroxylation is 1. The highest BCUT2D eigenvalue weighted by atomic mass is 16.5. The third-order valence-electron chi connectivity index (χ3n) is 4.13. The molecule has 0 saturated carbocycles. The van der Waals surface area contributed by atoms with Crippen molar-refractivity contribution in [3.05, 3.63) is 35.2 Å². The van der Waals surface area contributed by atoms with E-state index in [1.165, 1.54) is 0 Å². The molecular formula is C17H24N2O2. The quantitative estimate of drug-likeness (QED) is 0.800. The highest BCUT2D eigenvalue weighted by Crippen LogP contribution is 2.26. The molecule has 0 spiro atoms. The molecule has 1 heterocycles. The maximum atomic E-state index is 12.5. The lowest BCUT2D eigenvalue weighted by Gasteiger charge is -2.25. The summed E-state index contributed by atoms with van der Waals surface area (Å²) in [6, 6.07) is 0. The van der Waals surface area contributed by atoms with Gasteiger partial charge in [0.2, 0.25) is 5.91 Å². The first-order valence-corrected chi connectivity index (χ1v) is 7.43. The Kier molecular flexibility index (Phi) is 4.99. The van der Waals surface area contributed by atoms with Crippen LogP contribution in [0.1, 0.15) is 36.1 Å². The van der Waals surface area contributed by atoms with Gasteiger partial charge in [-0.25, -0.2) is 0 Å². The second kappa shape index (κ2) is 6.74. The predicted molar refractivity (Wildman–Crippen MR) is 83.2 cm³/mol. The Labute approximate surface area is 126 Å². The van der Waals surface area contributed by atoms with Gasteiger partial charge in [-0.3, -0.25) is 9.78 Å². The summed E-state index contributed by atoms with van der Waals surface area (Å²) in [7, 11) is 3.52. The zero-order valence-electron chi connectivity index (χ0n) is 13.3. The van der Waals surface area contributed by atoms with E-state index >= 15 is 0 Å². The van der Waals surface area contributed by atoms with Gasteiger partial charge < -0.3 is 9.64 Å². The van der Waals surface area contributed by atoms with Crippen molar-refractivity contribution < 1.29 is 9.53 Å². The number of pyridine rings is 1. The van der Waals surface area contributed by atoms with Crippen LogP contribution in [0.15, 0.2) is 18.3 Å². The largest absolute Gasteiger partial charge is 0.496 e. The summed E-state index contributed by atoms with van der Waals surface area (Å²) in [6.45, 7) is 4.50. The molecule has 2 rings (SSSR count). The van der Waals surface area contributed by atoms with Crippen LogP contribution in [0.25, 0.3) is 0 Å². The molecule has 1 aliphatic rings. The van der Waals surface area contributed by atoms with Crippen molar-refractivity contribution >= 4 is 5.91 Å². The zero-order chi connectivity index (χ0) is 15.4. The first kappa shape index (κ1) is 15.5. The number of aromatic nitrogens is 1. The topological polar surface area (TPSA) is 42.4 Å². The normalized spacial score (nSPS) is 17.6. The minimum Gasteiger partial charge on any atom is -0.496 e. The minimum atomic E-state index is 0.118. The van der Waals surface area contributed by atoms with Gasteiger partial charge in [0.25, 0.3) is 0 Å². The molecule has 0 unspecified atom stereocenters. The number of ether oxygens (including phenoxy) is 1. The Hall–Kier alpha value is -1.84. The number of carbonyl (C=O) groups is 1. The fourth-order valence-corrected chi connectivity index (χ4v) is 2.86. The van der Waals surface area contributed by atoms with Gasteiger partial charge in [0.1, 0.15) is 5.75 Å². The molecule has 21 heavy (non-hydrogen) atoms. The van der Waals surface area contributed by atoms with E-state index < -0.39 is 0 Å². The van der Waals surface area contributed by atoms with Gasteiger partial charge in [-0.1, -0.05) is 12.2 Å². The number of rotatable bonds is 4. The monoisotopic (exact) mass is 288 g/mol.